The van der Waals surface area contributed by atoms with E-state index in [1.807, 2.05) is 6.92 Å². The van der Waals surface area contributed by atoms with E-state index < -0.39 is 53.3 Å². The molecule has 0 atom stereocenters. The summed E-state index contributed by atoms with van der Waals surface area (Å²) >= 11 is 11.9. The fourth-order valence-electron chi connectivity index (χ4n) is 7.30. The van der Waals surface area contributed by atoms with Crippen LogP contribution in [-0.2, 0) is 20.2 Å². The number of phenols is 1. The molecule has 75 heavy (non-hydrogen) atoms. The fraction of sp³-hybridized carbons (Fsp3) is 0.115. The second-order valence-corrected chi connectivity index (χ2v) is 19.4. The Kier molecular flexibility index (Phi) is 19.3. The number of hydrogen-bond donors (Lipinski definition) is 4. The van der Waals surface area contributed by atoms with Crippen LogP contribution in [0, 0.1) is 13.8 Å². The molecule has 8 aromatic carbocycles. The van der Waals surface area contributed by atoms with E-state index in [0.717, 1.165) is 12.1 Å². The second-order valence-electron chi connectivity index (χ2n) is 15.9. The monoisotopic (exact) mass is 1210 g/mol. The van der Waals surface area contributed by atoms with Crippen LogP contribution < -0.4 is 25.0 Å². The van der Waals surface area contributed by atoms with Gasteiger partial charge >= 0.3 is 48.9 Å². The van der Waals surface area contributed by atoms with Crippen molar-refractivity contribution < 1.29 is 55.5 Å². The van der Waals surface area contributed by atoms with Gasteiger partial charge in [-0.1, -0.05) is 102 Å². The number of hydrogen-bond acceptors (Lipinski definition) is 15. The molecule has 0 saturated carbocycles. The largest absolute Gasteiger partial charge is 2.00 e. The third kappa shape index (κ3) is 13.7. The molecule has 380 valence electrons. The molecule has 0 bridgehead atoms. The maximum absolute atomic E-state index is 13.4. The number of fused-ring (bicyclic) bond motifs is 2. The number of ether oxygens (including phenoxy) is 2. The number of azo groups is 2. The predicted octanol–water partition coefficient (Wildman–Crippen LogP) is 11.8. The molecule has 0 aromatic heterocycles. The minimum absolute atomic E-state index is 0. The summed E-state index contributed by atoms with van der Waals surface area (Å²) < 4.78 is 76.6. The van der Waals surface area contributed by atoms with Crippen molar-refractivity contribution in [3.63, 3.8) is 0 Å². The molecule has 18 nitrogen and oxygen atoms in total. The Morgan fingerprint density at radius 1 is 0.613 bits per heavy atom. The number of nitrogens with zero attached hydrogens (tertiary/aromatic N) is 5. The number of para-hydroxylation sites is 4. The first-order valence-corrected chi connectivity index (χ1v) is 25.7. The molecule has 0 radical (unpaired) electrons. The number of amides is 1. The Balaban J connectivity index is 0.000000241. The number of benzene rings is 8. The zero-order valence-corrected chi connectivity index (χ0v) is 47.7. The average Bonchev–Trinajstić information content (AvgIpc) is 3.34. The molecule has 8 aromatic rings. The third-order valence-electron chi connectivity index (χ3n) is 10.8. The van der Waals surface area contributed by atoms with Gasteiger partial charge in [0.1, 0.15) is 32.7 Å². The summed E-state index contributed by atoms with van der Waals surface area (Å²) in [6, 6.07) is 35.1. The summed E-state index contributed by atoms with van der Waals surface area (Å²) in [5.41, 5.74) is 1.41. The van der Waals surface area contributed by atoms with Gasteiger partial charge in [0.05, 0.1) is 51.6 Å². The number of nitrogens with one attached hydrogen (secondary N) is 1. The van der Waals surface area contributed by atoms with Gasteiger partial charge in [0.25, 0.3) is 26.1 Å². The Bertz CT molecular complexity index is 3830. The molecule has 23 heteroatoms. The van der Waals surface area contributed by atoms with Gasteiger partial charge < -0.3 is 30.1 Å². The smallest absolute Gasteiger partial charge is 0.871 e. The number of aliphatic imine (C=N–C) groups is 1. The van der Waals surface area contributed by atoms with Gasteiger partial charge in [-0.25, -0.2) is 0 Å². The third-order valence-corrected chi connectivity index (χ3v) is 13.5. The van der Waals surface area contributed by atoms with Crippen molar-refractivity contribution in [2.45, 2.75) is 37.5 Å². The molecule has 0 spiro atoms. The second kappa shape index (κ2) is 25.0. The van der Waals surface area contributed by atoms with Gasteiger partial charge in [-0.05, 0) is 122 Å². The molecule has 0 saturated heterocycles. The zero-order chi connectivity index (χ0) is 53.5. The number of rotatable bonds is 14. The number of aromatic hydroxyl groups is 1. The van der Waals surface area contributed by atoms with Crippen molar-refractivity contribution in [2.24, 2.45) is 25.4 Å². The molecular formula is C52H42BaCl2N6O12S2. The Morgan fingerprint density at radius 3 is 1.61 bits per heavy atom. The maximum atomic E-state index is 13.4. The molecule has 0 aliphatic carbocycles. The standard InChI is InChI=1S/2C26H22ClN3O6S.Ba/c2*1-3-36-22-11-7-6-10-20(22)28-26(32)18-13-16-8-4-5-9-17(16)24(25(18)31)30-29-21-14-23(37(33,34)35)19(27)12-15(21)2;/h2*4-14,31H,3H2,1-2H3,(H,28,32)(H,33,34,35);/q;;+2/p-2. The van der Waals surface area contributed by atoms with Crippen molar-refractivity contribution in [1.29, 1.82) is 0 Å². The van der Waals surface area contributed by atoms with E-state index in [-0.39, 0.29) is 98.5 Å². The number of phenolic OH excluding ortho intramolecular Hbond substituents is 1. The molecule has 4 N–H and O–H groups in total. The number of carbonyl (C=O) groups is 1. The minimum atomic E-state index is -4.62. The van der Waals surface area contributed by atoms with Crippen molar-refractivity contribution in [3.8, 4) is 23.0 Å². The van der Waals surface area contributed by atoms with E-state index in [1.54, 1.807) is 118 Å². The van der Waals surface area contributed by atoms with E-state index in [9.17, 15) is 46.1 Å². The van der Waals surface area contributed by atoms with E-state index in [4.69, 9.17) is 32.7 Å². The Morgan fingerprint density at radius 2 is 1.07 bits per heavy atom. The molecule has 0 aliphatic rings. The van der Waals surface area contributed by atoms with Gasteiger partial charge in [0.2, 0.25) is 0 Å². The molecule has 1 amide bonds. The van der Waals surface area contributed by atoms with Crippen molar-refractivity contribution in [1.82, 2.24) is 0 Å². The van der Waals surface area contributed by atoms with Gasteiger partial charge in [-0.15, -0.1) is 5.11 Å². The SMILES string of the molecule is CCOc1ccccc1N=C([O-])c1cc2ccccc2c(N=Nc2cc(S(=O)(=O)O)c(Cl)cc2C)c1[O-].CCOc1ccccc1NC(=O)c1cc2ccccc2c(N=Nc2cc(S(=O)(=O)O)c(Cl)cc2C)c1O.[Ba+2]. The summed E-state index contributed by atoms with van der Waals surface area (Å²) in [4.78, 5) is 16.2. The van der Waals surface area contributed by atoms with Gasteiger partial charge in [-0.3, -0.25) is 18.9 Å². The molecule has 8 rings (SSSR count). The first-order chi connectivity index (χ1) is 35.2. The van der Waals surface area contributed by atoms with Crippen LogP contribution in [0.4, 0.5) is 34.1 Å². The van der Waals surface area contributed by atoms with Crippen molar-refractivity contribution in [3.05, 3.63) is 166 Å². The van der Waals surface area contributed by atoms with Crippen LogP contribution in [0.5, 0.6) is 23.0 Å². The Labute approximate surface area is 481 Å². The summed E-state index contributed by atoms with van der Waals surface area (Å²) in [5, 5.41) is 58.5. The van der Waals surface area contributed by atoms with Crippen LogP contribution in [0.3, 0.4) is 0 Å². The molecular weight excluding hydrogens is 1170 g/mol. The van der Waals surface area contributed by atoms with E-state index in [0.29, 0.717) is 63.1 Å². The van der Waals surface area contributed by atoms with Crippen LogP contribution in [0.1, 0.15) is 40.9 Å². The summed E-state index contributed by atoms with van der Waals surface area (Å²) in [6.45, 7) is 7.65. The molecule has 0 heterocycles. The maximum Gasteiger partial charge on any atom is 2.00 e. The molecule has 0 fully saturated rings. The summed E-state index contributed by atoms with van der Waals surface area (Å²) in [5.74, 6) is -1.62. The minimum Gasteiger partial charge on any atom is -0.871 e. The van der Waals surface area contributed by atoms with E-state index in [1.165, 1.54) is 24.3 Å². The first-order valence-electron chi connectivity index (χ1n) is 22.1. The topological polar surface area (TPSA) is 284 Å². The normalized spacial score (nSPS) is 11.9. The van der Waals surface area contributed by atoms with Crippen LogP contribution in [0.2, 0.25) is 10.0 Å². The van der Waals surface area contributed by atoms with Crippen LogP contribution in [0.15, 0.2) is 169 Å². The van der Waals surface area contributed by atoms with Gasteiger partial charge in [0.15, 0.2) is 5.75 Å². The Hall–Kier alpha value is -6.41. The number of halogens is 2. The fourth-order valence-corrected chi connectivity index (χ4v) is 9.45. The summed E-state index contributed by atoms with van der Waals surface area (Å²) in [7, 11) is -9.22. The number of anilines is 1. The first kappa shape index (κ1) is 57.9. The van der Waals surface area contributed by atoms with Crippen LogP contribution in [0.25, 0.3) is 21.5 Å². The van der Waals surface area contributed by atoms with Crippen molar-refractivity contribution in [2.75, 3.05) is 18.5 Å². The van der Waals surface area contributed by atoms with Crippen LogP contribution in [-0.4, -0.2) is 105 Å². The van der Waals surface area contributed by atoms with Crippen molar-refractivity contribution >= 4 is 160 Å². The zero-order valence-electron chi connectivity index (χ0n) is 40.1. The average molecular weight is 1220 g/mol. The predicted molar refractivity (Wildman–Crippen MR) is 284 cm³/mol. The van der Waals surface area contributed by atoms with Crippen LogP contribution >= 0.6 is 23.2 Å². The van der Waals surface area contributed by atoms with E-state index >= 15 is 0 Å². The number of carbonyl (C=O) groups excluding carboxylic acids is 1. The van der Waals surface area contributed by atoms with Gasteiger partial charge in [0, 0.05) is 10.8 Å². The molecule has 0 aliphatic heterocycles. The molecule has 0 unspecified atom stereocenters. The quantitative estimate of drug-likeness (QED) is 0.0260. The number of aryl methyl sites for hydroxylation is 2. The summed E-state index contributed by atoms with van der Waals surface area (Å²) in [6.07, 6.45) is 0. The van der Waals surface area contributed by atoms with Gasteiger partial charge in [-0.2, -0.15) is 32.2 Å². The van der Waals surface area contributed by atoms with E-state index in [2.05, 4.69) is 30.8 Å².